The van der Waals surface area contributed by atoms with E-state index in [1.807, 2.05) is 0 Å². The van der Waals surface area contributed by atoms with Gasteiger partial charge in [0.25, 0.3) is 0 Å². The van der Waals surface area contributed by atoms with Crippen LogP contribution >= 0.6 is 0 Å². The van der Waals surface area contributed by atoms with Gasteiger partial charge < -0.3 is 4.90 Å². The fourth-order valence-electron chi connectivity index (χ4n) is 21.4. The smallest absolute Gasteiger partial charge is 0.0465 e. The van der Waals surface area contributed by atoms with Gasteiger partial charge in [0.2, 0.25) is 0 Å². The maximum atomic E-state index is 2.77. The largest absolute Gasteiger partial charge is 0.310 e. The summed E-state index contributed by atoms with van der Waals surface area (Å²) in [5.41, 5.74) is 35.6. The first-order valence-electron chi connectivity index (χ1n) is 42.3. The Morgan fingerprint density at radius 2 is 0.543 bits per heavy atom. The maximum Gasteiger partial charge on any atom is 0.0465 e. The van der Waals surface area contributed by atoms with Crippen molar-refractivity contribution in [3.63, 3.8) is 0 Å². The van der Waals surface area contributed by atoms with E-state index >= 15 is 0 Å². The Balaban J connectivity index is 0.952. The molecule has 11 aromatic rings. The predicted octanol–water partition coefficient (Wildman–Crippen LogP) is 31.6. The monoisotopic (exact) mass is 1380 g/mol. The number of rotatable bonds is 33. The summed E-state index contributed by atoms with van der Waals surface area (Å²) in [6.07, 6.45) is 33.5. The molecule has 11 aromatic carbocycles. The van der Waals surface area contributed by atoms with Crippen LogP contribution in [-0.4, -0.2) is 0 Å². The zero-order valence-corrected chi connectivity index (χ0v) is 65.8. The van der Waals surface area contributed by atoms with E-state index in [0.29, 0.717) is 0 Å². The van der Waals surface area contributed by atoms with E-state index in [1.54, 1.807) is 27.8 Å². The molecule has 0 N–H and O–H groups in total. The van der Waals surface area contributed by atoms with Crippen LogP contribution in [0, 0.1) is 13.8 Å². The molecule has 0 unspecified atom stereocenters. The van der Waals surface area contributed by atoms with Gasteiger partial charge in [-0.05, 0) is 240 Å². The zero-order valence-electron chi connectivity index (χ0n) is 65.8. The van der Waals surface area contributed by atoms with E-state index in [-0.39, 0.29) is 21.7 Å². The third-order valence-electron chi connectivity index (χ3n) is 26.5. The van der Waals surface area contributed by atoms with Gasteiger partial charge in [0.15, 0.2) is 0 Å². The summed E-state index contributed by atoms with van der Waals surface area (Å²) in [4.78, 5) is 2.77. The molecule has 540 valence electrons. The van der Waals surface area contributed by atoms with E-state index in [4.69, 9.17) is 0 Å². The number of fused-ring (bicyclic) bond motifs is 14. The number of nitrogens with zero attached hydrogens (tertiary/aromatic N) is 1. The lowest BCUT2D eigenvalue weighted by Crippen LogP contribution is -2.27. The van der Waals surface area contributed by atoms with Crippen molar-refractivity contribution < 1.29 is 0 Å². The van der Waals surface area contributed by atoms with Crippen LogP contribution in [0.2, 0.25) is 0 Å². The molecule has 0 amide bonds. The number of hydrogen-bond acceptors (Lipinski definition) is 1. The fraction of sp³-hybridized carbons (Fsp3) is 0.404. The molecule has 0 aliphatic heterocycles. The maximum absolute atomic E-state index is 2.77. The second-order valence-corrected chi connectivity index (χ2v) is 33.1. The highest BCUT2D eigenvalue weighted by Crippen LogP contribution is 2.63. The third-order valence-corrected chi connectivity index (χ3v) is 26.5. The van der Waals surface area contributed by atoms with E-state index < -0.39 is 0 Å². The van der Waals surface area contributed by atoms with Crippen LogP contribution < -0.4 is 4.90 Å². The standard InChI is InChI=1S/C104H119N/c1-11-19-27-35-64-103(65-36-28-20-12-2)94-68-74(98-85-39-29-31-41-87(85)99(88-42-32-30-40-86(88)98)90-44-37-43-89-78-38-33-34-45-91(78)104(100(89)90,62-25-17-7)63-26-18-8)48-54-81(94)84-57-51-77(71-97(84)103)105(75-49-55-82-79-52-46-72(9)66-92(79)101(58-21-13-3,59-22-14-4)95(82)69-75)76-50-56-83-80-53-47-73(10)67-93(80)102(60-23-15-5,61-24-16-6)96(83)70-76/h29-34,37-57,66-71H,11-28,35-36,58-65H2,1-10H3. The number of anilines is 3. The van der Waals surface area contributed by atoms with Gasteiger partial charge in [-0.2, -0.15) is 0 Å². The molecule has 1 heteroatoms. The highest BCUT2D eigenvalue weighted by Gasteiger charge is 2.48. The molecule has 0 aromatic heterocycles. The van der Waals surface area contributed by atoms with Gasteiger partial charge in [-0.3, -0.25) is 0 Å². The van der Waals surface area contributed by atoms with Crippen LogP contribution in [0.5, 0.6) is 0 Å². The highest BCUT2D eigenvalue weighted by molar-refractivity contribution is 6.22. The molecule has 0 spiro atoms. The Kier molecular flexibility index (Phi) is 21.3. The first-order chi connectivity index (χ1) is 51.5. The molecule has 0 saturated carbocycles. The van der Waals surface area contributed by atoms with Crippen LogP contribution in [0.15, 0.2) is 200 Å². The number of benzene rings is 11. The SMILES string of the molecule is CCCCCCC1(CCCCCC)c2cc(-c3c4ccccc4c(-c4cccc5c4C(CCCC)(CCCC)c4ccccc4-5)c4ccccc34)ccc2-c2ccc(N(c3ccc4c(c3)C(CCCC)(CCCC)c3cc(C)ccc3-4)c3ccc4c(c3)C(CCCC)(CCCC)c3cc(C)ccc3-4)cc21. The van der Waals surface area contributed by atoms with Crippen molar-refractivity contribution in [3.8, 4) is 66.8 Å². The van der Waals surface area contributed by atoms with Crippen LogP contribution in [0.3, 0.4) is 0 Å². The summed E-state index contributed by atoms with van der Waals surface area (Å²) in [6.45, 7) is 23.8. The Bertz CT molecular complexity index is 4750. The molecular formula is C104H119N. The minimum absolute atomic E-state index is 0.0539. The average Bonchev–Trinajstić information content (AvgIpc) is 1.65. The number of unbranched alkanes of at least 4 members (excludes halogenated alkanes) is 12. The predicted molar refractivity (Wildman–Crippen MR) is 456 cm³/mol. The van der Waals surface area contributed by atoms with E-state index in [0.717, 1.165) is 25.7 Å². The molecule has 0 saturated heterocycles. The molecule has 15 rings (SSSR count). The van der Waals surface area contributed by atoms with Crippen molar-refractivity contribution in [3.05, 3.63) is 256 Å². The van der Waals surface area contributed by atoms with E-state index in [9.17, 15) is 0 Å². The Morgan fingerprint density at radius 1 is 0.229 bits per heavy atom. The van der Waals surface area contributed by atoms with Gasteiger partial charge in [0, 0.05) is 38.7 Å². The normalized spacial score (nSPS) is 14.8. The van der Waals surface area contributed by atoms with Gasteiger partial charge in [0.05, 0.1) is 0 Å². The van der Waals surface area contributed by atoms with E-state index in [1.165, 1.54) is 287 Å². The highest BCUT2D eigenvalue weighted by atomic mass is 15.1. The lowest BCUT2D eigenvalue weighted by atomic mass is 9.68. The summed E-state index contributed by atoms with van der Waals surface area (Å²) < 4.78 is 0. The van der Waals surface area contributed by atoms with Gasteiger partial charge in [-0.15, -0.1) is 0 Å². The first kappa shape index (κ1) is 72.3. The zero-order chi connectivity index (χ0) is 72.5. The van der Waals surface area contributed by atoms with Gasteiger partial charge in [0.1, 0.15) is 0 Å². The summed E-state index contributed by atoms with van der Waals surface area (Å²) in [6, 6.07) is 82.3. The Hall–Kier alpha value is -8.26. The first-order valence-corrected chi connectivity index (χ1v) is 42.3. The van der Waals surface area contributed by atoms with Gasteiger partial charge in [-0.25, -0.2) is 0 Å². The van der Waals surface area contributed by atoms with Crippen LogP contribution in [0.4, 0.5) is 17.1 Å². The van der Waals surface area contributed by atoms with Gasteiger partial charge in [-0.1, -0.05) is 353 Å². The second kappa shape index (κ2) is 30.9. The quantitative estimate of drug-likeness (QED) is 0.0293. The molecule has 0 fully saturated rings. The molecule has 4 aliphatic carbocycles. The number of aryl methyl sites for hydroxylation is 2. The van der Waals surface area contributed by atoms with Crippen LogP contribution in [0.1, 0.15) is 291 Å². The summed E-state index contributed by atoms with van der Waals surface area (Å²) >= 11 is 0. The molecule has 0 heterocycles. The third kappa shape index (κ3) is 12.4. The van der Waals surface area contributed by atoms with Crippen LogP contribution in [-0.2, 0) is 21.7 Å². The summed E-state index contributed by atoms with van der Waals surface area (Å²) in [5.74, 6) is 0. The Morgan fingerprint density at radius 3 is 0.962 bits per heavy atom. The van der Waals surface area contributed by atoms with Crippen molar-refractivity contribution in [1.82, 2.24) is 0 Å². The van der Waals surface area contributed by atoms with Crippen molar-refractivity contribution in [1.29, 1.82) is 0 Å². The van der Waals surface area contributed by atoms with Crippen molar-refractivity contribution >= 4 is 38.6 Å². The lowest BCUT2D eigenvalue weighted by molar-refractivity contribution is 0.401. The molecular weight excluding hydrogens is 1260 g/mol. The van der Waals surface area contributed by atoms with E-state index in [2.05, 4.69) is 274 Å². The Labute approximate surface area is 632 Å². The summed E-state index contributed by atoms with van der Waals surface area (Å²) in [7, 11) is 0. The number of hydrogen-bond donors (Lipinski definition) is 0. The van der Waals surface area contributed by atoms with Crippen molar-refractivity contribution in [2.75, 3.05) is 4.90 Å². The molecule has 105 heavy (non-hydrogen) atoms. The lowest BCUT2D eigenvalue weighted by Gasteiger charge is -2.36. The molecule has 0 bridgehead atoms. The minimum Gasteiger partial charge on any atom is -0.310 e. The molecule has 1 nitrogen and oxygen atoms in total. The summed E-state index contributed by atoms with van der Waals surface area (Å²) in [5, 5.41) is 5.40. The van der Waals surface area contributed by atoms with Gasteiger partial charge >= 0.3 is 0 Å². The van der Waals surface area contributed by atoms with Crippen LogP contribution in [0.25, 0.3) is 88.3 Å². The molecule has 0 atom stereocenters. The second-order valence-electron chi connectivity index (χ2n) is 33.1. The topological polar surface area (TPSA) is 3.24 Å². The van der Waals surface area contributed by atoms with Crippen molar-refractivity contribution in [2.24, 2.45) is 0 Å². The average molecular weight is 1380 g/mol. The minimum atomic E-state index is -0.199. The van der Waals surface area contributed by atoms with Crippen molar-refractivity contribution in [2.45, 2.75) is 271 Å². The molecule has 0 radical (unpaired) electrons. The fourth-order valence-corrected chi connectivity index (χ4v) is 21.4. The molecule has 4 aliphatic rings.